The Bertz CT molecular complexity index is 415. The second-order valence-corrected chi connectivity index (χ2v) is 5.05. The molecule has 0 heterocycles. The highest BCUT2D eigenvalue weighted by Gasteiger charge is 2.12. The number of nitrogens with one attached hydrogen (secondary N) is 1. The van der Waals surface area contributed by atoms with E-state index < -0.39 is 0 Å². The topological polar surface area (TPSA) is 35.8 Å². The van der Waals surface area contributed by atoms with E-state index >= 15 is 0 Å². The summed E-state index contributed by atoms with van der Waals surface area (Å²) in [6, 6.07) is 8.20. The standard InChI is InChI=1S/C14H17ClN2/c15-14-9-13(8-7-11(14)10-16)17-12-5-3-1-2-4-6-12/h7-9,12,17H,1-6H2. The summed E-state index contributed by atoms with van der Waals surface area (Å²) in [5.74, 6) is 0. The molecule has 1 aliphatic carbocycles. The smallest absolute Gasteiger partial charge is 0.101 e. The molecule has 0 spiro atoms. The molecule has 1 aromatic carbocycles. The first-order chi connectivity index (χ1) is 8.29. The molecule has 2 rings (SSSR count). The largest absolute Gasteiger partial charge is 0.382 e. The van der Waals surface area contributed by atoms with Crippen molar-refractivity contribution in [1.82, 2.24) is 0 Å². The van der Waals surface area contributed by atoms with Crippen molar-refractivity contribution >= 4 is 17.3 Å². The second kappa shape index (κ2) is 5.93. The maximum absolute atomic E-state index is 8.81. The highest BCUT2D eigenvalue weighted by atomic mass is 35.5. The lowest BCUT2D eigenvalue weighted by molar-refractivity contribution is 0.620. The van der Waals surface area contributed by atoms with E-state index in [1.165, 1.54) is 38.5 Å². The molecule has 0 atom stereocenters. The van der Waals surface area contributed by atoms with Crippen molar-refractivity contribution in [3.05, 3.63) is 28.8 Å². The molecule has 0 saturated heterocycles. The van der Waals surface area contributed by atoms with Crippen molar-refractivity contribution in [2.45, 2.75) is 44.6 Å². The molecule has 0 radical (unpaired) electrons. The van der Waals surface area contributed by atoms with Gasteiger partial charge in [0, 0.05) is 11.7 Å². The van der Waals surface area contributed by atoms with Crippen LogP contribution < -0.4 is 5.32 Å². The van der Waals surface area contributed by atoms with Crippen molar-refractivity contribution < 1.29 is 0 Å². The molecule has 2 nitrogen and oxygen atoms in total. The number of rotatable bonds is 2. The lowest BCUT2D eigenvalue weighted by atomic mass is 10.1. The Morgan fingerprint density at radius 1 is 1.18 bits per heavy atom. The maximum atomic E-state index is 8.81. The molecule has 0 bridgehead atoms. The van der Waals surface area contributed by atoms with Gasteiger partial charge >= 0.3 is 0 Å². The lowest BCUT2D eigenvalue weighted by Gasteiger charge is -2.17. The van der Waals surface area contributed by atoms with Crippen LogP contribution in [0.1, 0.15) is 44.1 Å². The molecule has 0 amide bonds. The molecule has 0 aromatic heterocycles. The highest BCUT2D eigenvalue weighted by Crippen LogP contribution is 2.24. The van der Waals surface area contributed by atoms with Gasteiger partial charge in [0.25, 0.3) is 0 Å². The third-order valence-electron chi connectivity index (χ3n) is 3.32. The van der Waals surface area contributed by atoms with E-state index in [2.05, 4.69) is 11.4 Å². The molecule has 90 valence electrons. The Labute approximate surface area is 108 Å². The summed E-state index contributed by atoms with van der Waals surface area (Å²) in [5.41, 5.74) is 1.57. The normalized spacial score (nSPS) is 17.2. The van der Waals surface area contributed by atoms with Gasteiger partial charge in [-0.25, -0.2) is 0 Å². The number of nitriles is 1. The maximum Gasteiger partial charge on any atom is 0.101 e. The summed E-state index contributed by atoms with van der Waals surface area (Å²) in [6.45, 7) is 0. The van der Waals surface area contributed by atoms with Gasteiger partial charge in [0.15, 0.2) is 0 Å². The quantitative estimate of drug-likeness (QED) is 0.790. The molecule has 17 heavy (non-hydrogen) atoms. The Morgan fingerprint density at radius 3 is 2.47 bits per heavy atom. The molecule has 1 N–H and O–H groups in total. The first-order valence-corrected chi connectivity index (χ1v) is 6.63. The van der Waals surface area contributed by atoms with Crippen LogP contribution in [0.2, 0.25) is 5.02 Å². The van der Waals surface area contributed by atoms with Crippen molar-refractivity contribution in [2.75, 3.05) is 5.32 Å². The van der Waals surface area contributed by atoms with Crippen LogP contribution in [-0.2, 0) is 0 Å². The van der Waals surface area contributed by atoms with Crippen LogP contribution in [0, 0.1) is 11.3 Å². The minimum absolute atomic E-state index is 0.533. The Hall–Kier alpha value is -1.20. The number of nitrogens with zero attached hydrogens (tertiary/aromatic N) is 1. The van der Waals surface area contributed by atoms with E-state index in [9.17, 15) is 0 Å². The van der Waals surface area contributed by atoms with E-state index in [-0.39, 0.29) is 0 Å². The highest BCUT2D eigenvalue weighted by molar-refractivity contribution is 6.32. The molecule has 3 heteroatoms. The van der Waals surface area contributed by atoms with Gasteiger partial charge in [-0.2, -0.15) is 5.26 Å². The molecule has 0 aliphatic heterocycles. The number of halogens is 1. The van der Waals surface area contributed by atoms with Gasteiger partial charge in [0.2, 0.25) is 0 Å². The fourth-order valence-corrected chi connectivity index (χ4v) is 2.58. The molecule has 1 aromatic rings. The van der Waals surface area contributed by atoms with E-state index in [4.69, 9.17) is 16.9 Å². The third kappa shape index (κ3) is 3.38. The van der Waals surface area contributed by atoms with Crippen LogP contribution in [0.25, 0.3) is 0 Å². The average Bonchev–Trinajstić information content (AvgIpc) is 2.58. The number of anilines is 1. The minimum Gasteiger partial charge on any atom is -0.382 e. The van der Waals surface area contributed by atoms with Gasteiger partial charge in [-0.05, 0) is 31.0 Å². The first kappa shape index (κ1) is 12.3. The van der Waals surface area contributed by atoms with E-state index in [1.54, 1.807) is 6.07 Å². The number of hydrogen-bond donors (Lipinski definition) is 1. The summed E-state index contributed by atoms with van der Waals surface area (Å²) in [6.07, 6.45) is 7.79. The molecule has 1 fully saturated rings. The zero-order valence-corrected chi connectivity index (χ0v) is 10.6. The van der Waals surface area contributed by atoms with Crippen LogP contribution in [-0.4, -0.2) is 6.04 Å². The summed E-state index contributed by atoms with van der Waals surface area (Å²) in [4.78, 5) is 0. The first-order valence-electron chi connectivity index (χ1n) is 6.26. The van der Waals surface area contributed by atoms with Crippen molar-refractivity contribution in [3.8, 4) is 6.07 Å². The van der Waals surface area contributed by atoms with Crippen LogP contribution >= 0.6 is 11.6 Å². The minimum atomic E-state index is 0.533. The fourth-order valence-electron chi connectivity index (χ4n) is 2.35. The van der Waals surface area contributed by atoms with Gasteiger partial charge in [0.1, 0.15) is 6.07 Å². The predicted octanol–water partition coefficient (Wildman–Crippen LogP) is 4.35. The lowest BCUT2D eigenvalue weighted by Crippen LogP contribution is -2.18. The Morgan fingerprint density at radius 2 is 1.88 bits per heavy atom. The van der Waals surface area contributed by atoms with E-state index in [1.807, 2.05) is 12.1 Å². The van der Waals surface area contributed by atoms with Crippen LogP contribution in [0.3, 0.4) is 0 Å². The molecular weight excluding hydrogens is 232 g/mol. The number of benzene rings is 1. The van der Waals surface area contributed by atoms with Crippen molar-refractivity contribution in [1.29, 1.82) is 5.26 Å². The predicted molar refractivity (Wildman–Crippen MR) is 71.3 cm³/mol. The van der Waals surface area contributed by atoms with Gasteiger partial charge in [0.05, 0.1) is 10.6 Å². The Balaban J connectivity index is 2.03. The third-order valence-corrected chi connectivity index (χ3v) is 3.63. The molecule has 1 aliphatic rings. The molecular formula is C14H17ClN2. The Kier molecular flexibility index (Phi) is 4.28. The van der Waals surface area contributed by atoms with Crippen LogP contribution in [0.4, 0.5) is 5.69 Å². The second-order valence-electron chi connectivity index (χ2n) is 4.64. The average molecular weight is 249 g/mol. The zero-order chi connectivity index (χ0) is 12.1. The van der Waals surface area contributed by atoms with Gasteiger partial charge in [-0.1, -0.05) is 37.3 Å². The van der Waals surface area contributed by atoms with E-state index in [0.717, 1.165) is 5.69 Å². The van der Waals surface area contributed by atoms with Crippen LogP contribution in [0.15, 0.2) is 18.2 Å². The summed E-state index contributed by atoms with van der Waals surface area (Å²) >= 11 is 6.02. The van der Waals surface area contributed by atoms with E-state index in [0.29, 0.717) is 16.6 Å². The summed E-state index contributed by atoms with van der Waals surface area (Å²) in [7, 11) is 0. The molecule has 1 saturated carbocycles. The summed E-state index contributed by atoms with van der Waals surface area (Å²) < 4.78 is 0. The number of hydrogen-bond acceptors (Lipinski definition) is 2. The van der Waals surface area contributed by atoms with Crippen molar-refractivity contribution in [3.63, 3.8) is 0 Å². The van der Waals surface area contributed by atoms with Crippen LogP contribution in [0.5, 0.6) is 0 Å². The molecule has 0 unspecified atom stereocenters. The SMILES string of the molecule is N#Cc1ccc(NC2CCCCCC2)cc1Cl. The van der Waals surface area contributed by atoms with Gasteiger partial charge in [-0.3, -0.25) is 0 Å². The van der Waals surface area contributed by atoms with Crippen molar-refractivity contribution in [2.24, 2.45) is 0 Å². The zero-order valence-electron chi connectivity index (χ0n) is 9.88. The monoisotopic (exact) mass is 248 g/mol. The van der Waals surface area contributed by atoms with Gasteiger partial charge in [-0.15, -0.1) is 0 Å². The summed E-state index contributed by atoms with van der Waals surface area (Å²) in [5, 5.41) is 12.9. The van der Waals surface area contributed by atoms with Gasteiger partial charge < -0.3 is 5.32 Å². The fraction of sp³-hybridized carbons (Fsp3) is 0.500.